The molecule has 0 heterocycles. The quantitative estimate of drug-likeness (QED) is 0.758. The van der Waals surface area contributed by atoms with Crippen molar-refractivity contribution < 1.29 is 23.5 Å². The minimum atomic E-state index is -1.46. The van der Waals surface area contributed by atoms with Gasteiger partial charge in [0.05, 0.1) is 17.2 Å². The first-order chi connectivity index (χ1) is 8.90. The highest BCUT2D eigenvalue weighted by Gasteiger charge is 2.20. The van der Waals surface area contributed by atoms with Crippen LogP contribution >= 0.6 is 0 Å². The molecule has 19 heavy (non-hydrogen) atoms. The van der Waals surface area contributed by atoms with Gasteiger partial charge < -0.3 is 16.2 Å². The number of rotatable bonds is 5. The number of hydrogen-bond donors (Lipinski definition) is 3. The second-order valence-electron chi connectivity index (χ2n) is 3.95. The predicted molar refractivity (Wildman–Crippen MR) is 64.8 cm³/mol. The van der Waals surface area contributed by atoms with Crippen LogP contribution in [0.5, 0.6) is 0 Å². The lowest BCUT2D eigenvalue weighted by Crippen LogP contribution is -2.29. The molecule has 0 radical (unpaired) electrons. The fourth-order valence-electron chi connectivity index (χ4n) is 1.52. The van der Waals surface area contributed by atoms with E-state index in [2.05, 4.69) is 5.32 Å². The summed E-state index contributed by atoms with van der Waals surface area (Å²) in [7, 11) is 0. The number of amides is 1. The van der Waals surface area contributed by atoms with E-state index in [0.717, 1.165) is 0 Å². The lowest BCUT2D eigenvalue weighted by atomic mass is 10.1. The summed E-state index contributed by atoms with van der Waals surface area (Å²) in [5.74, 6) is -5.04. The van der Waals surface area contributed by atoms with Gasteiger partial charge in [0.25, 0.3) is 0 Å². The van der Waals surface area contributed by atoms with E-state index in [1.807, 2.05) is 0 Å². The van der Waals surface area contributed by atoms with Crippen LogP contribution in [0.3, 0.4) is 0 Å². The molecule has 0 saturated heterocycles. The largest absolute Gasteiger partial charge is 0.478 e. The van der Waals surface area contributed by atoms with Crippen LogP contribution in [0.25, 0.3) is 0 Å². The zero-order valence-electron chi connectivity index (χ0n) is 10.2. The Morgan fingerprint density at radius 3 is 2.42 bits per heavy atom. The molecule has 0 aliphatic rings. The molecule has 7 heteroatoms. The summed E-state index contributed by atoms with van der Waals surface area (Å²) in [5, 5.41) is 11.1. The van der Waals surface area contributed by atoms with Gasteiger partial charge in [-0.1, -0.05) is 6.92 Å². The Morgan fingerprint density at radius 1 is 1.37 bits per heavy atom. The normalized spacial score (nSPS) is 12.0. The Labute approximate surface area is 108 Å². The molecular weight excluding hydrogens is 258 g/mol. The van der Waals surface area contributed by atoms with Gasteiger partial charge >= 0.3 is 5.97 Å². The number of carboxylic acid groups (broad SMARTS) is 1. The van der Waals surface area contributed by atoms with Crippen molar-refractivity contribution in [3.05, 3.63) is 29.3 Å². The van der Waals surface area contributed by atoms with Crippen LogP contribution in [0.1, 0.15) is 23.7 Å². The summed E-state index contributed by atoms with van der Waals surface area (Å²) in [6, 6.07) is 1.16. The molecule has 0 spiro atoms. The molecule has 0 fully saturated rings. The lowest BCUT2D eigenvalue weighted by molar-refractivity contribution is -0.119. The van der Waals surface area contributed by atoms with E-state index in [0.29, 0.717) is 18.6 Å². The Morgan fingerprint density at radius 2 is 1.95 bits per heavy atom. The maximum Gasteiger partial charge on any atom is 0.337 e. The topological polar surface area (TPSA) is 92.4 Å². The van der Waals surface area contributed by atoms with Gasteiger partial charge in [-0.05, 0) is 12.5 Å². The average molecular weight is 272 g/mol. The molecule has 1 rings (SSSR count). The van der Waals surface area contributed by atoms with Crippen molar-refractivity contribution in [1.82, 2.24) is 0 Å². The molecule has 0 saturated carbocycles. The van der Waals surface area contributed by atoms with Crippen LogP contribution in [0.4, 0.5) is 14.5 Å². The molecule has 0 aliphatic carbocycles. The van der Waals surface area contributed by atoms with Crippen LogP contribution in [0.15, 0.2) is 12.1 Å². The van der Waals surface area contributed by atoms with Crippen LogP contribution in [-0.2, 0) is 4.79 Å². The van der Waals surface area contributed by atoms with Gasteiger partial charge in [0.2, 0.25) is 5.91 Å². The lowest BCUT2D eigenvalue weighted by Gasteiger charge is -2.14. The van der Waals surface area contributed by atoms with E-state index in [1.54, 1.807) is 6.92 Å². The smallest absolute Gasteiger partial charge is 0.337 e. The highest BCUT2D eigenvalue weighted by atomic mass is 19.2. The third-order valence-corrected chi connectivity index (χ3v) is 2.70. The standard InChI is InChI=1S/C12H14F2N2O3/c1-2-6(5-15)11(17)16-10-4-9(14)8(13)3-7(10)12(18)19/h3-4,6H,2,5,15H2,1H3,(H,16,17)(H,18,19). The second-order valence-corrected chi connectivity index (χ2v) is 3.95. The first-order valence-corrected chi connectivity index (χ1v) is 5.64. The second kappa shape index (κ2) is 6.24. The monoisotopic (exact) mass is 272 g/mol. The Hall–Kier alpha value is -2.02. The number of anilines is 1. The summed E-state index contributed by atoms with van der Waals surface area (Å²) in [4.78, 5) is 22.7. The Kier molecular flexibility index (Phi) is 4.94. The highest BCUT2D eigenvalue weighted by molar-refractivity contribution is 6.01. The van der Waals surface area contributed by atoms with E-state index in [1.165, 1.54) is 0 Å². The van der Waals surface area contributed by atoms with Crippen molar-refractivity contribution in [2.45, 2.75) is 13.3 Å². The molecule has 1 aromatic carbocycles. The summed E-state index contributed by atoms with van der Waals surface area (Å²) < 4.78 is 26.1. The molecule has 1 amide bonds. The number of carbonyl (C=O) groups excluding carboxylic acids is 1. The zero-order valence-corrected chi connectivity index (χ0v) is 10.2. The van der Waals surface area contributed by atoms with Crippen LogP contribution in [-0.4, -0.2) is 23.5 Å². The number of aromatic carboxylic acids is 1. The van der Waals surface area contributed by atoms with Crippen molar-refractivity contribution in [3.8, 4) is 0 Å². The molecule has 1 atom stereocenters. The Bertz CT molecular complexity index is 502. The third kappa shape index (κ3) is 3.47. The van der Waals surface area contributed by atoms with Gasteiger partial charge in [-0.2, -0.15) is 0 Å². The van der Waals surface area contributed by atoms with Gasteiger partial charge in [0.1, 0.15) is 0 Å². The van der Waals surface area contributed by atoms with Gasteiger partial charge in [-0.15, -0.1) is 0 Å². The number of nitrogens with two attached hydrogens (primary N) is 1. The number of carboxylic acids is 1. The van der Waals surface area contributed by atoms with Crippen LogP contribution < -0.4 is 11.1 Å². The van der Waals surface area contributed by atoms with Crippen molar-refractivity contribution in [2.75, 3.05) is 11.9 Å². The molecule has 5 nitrogen and oxygen atoms in total. The van der Waals surface area contributed by atoms with Gasteiger partial charge in [0.15, 0.2) is 11.6 Å². The van der Waals surface area contributed by atoms with Gasteiger partial charge in [-0.25, -0.2) is 13.6 Å². The van der Waals surface area contributed by atoms with E-state index >= 15 is 0 Å². The molecule has 4 N–H and O–H groups in total. The maximum atomic E-state index is 13.1. The summed E-state index contributed by atoms with van der Waals surface area (Å²) in [6.45, 7) is 1.81. The minimum Gasteiger partial charge on any atom is -0.478 e. The zero-order chi connectivity index (χ0) is 14.6. The van der Waals surface area contributed by atoms with Gasteiger partial charge in [-0.3, -0.25) is 4.79 Å². The van der Waals surface area contributed by atoms with Gasteiger partial charge in [0, 0.05) is 12.6 Å². The molecular formula is C12H14F2N2O3. The number of hydrogen-bond acceptors (Lipinski definition) is 3. The van der Waals surface area contributed by atoms with E-state index in [4.69, 9.17) is 10.8 Å². The fourth-order valence-corrected chi connectivity index (χ4v) is 1.52. The number of nitrogens with one attached hydrogen (secondary N) is 1. The predicted octanol–water partition coefficient (Wildman–Crippen LogP) is 1.59. The summed E-state index contributed by atoms with van der Waals surface area (Å²) in [5.41, 5.74) is 4.58. The summed E-state index contributed by atoms with van der Waals surface area (Å²) in [6.07, 6.45) is 0.453. The SMILES string of the molecule is CCC(CN)C(=O)Nc1cc(F)c(F)cc1C(=O)O. The first-order valence-electron chi connectivity index (χ1n) is 5.64. The molecule has 0 aromatic heterocycles. The molecule has 1 unspecified atom stereocenters. The van der Waals surface area contributed by atoms with Crippen LogP contribution in [0, 0.1) is 17.6 Å². The first kappa shape index (κ1) is 15.0. The average Bonchev–Trinajstić information content (AvgIpc) is 2.34. The summed E-state index contributed by atoms with van der Waals surface area (Å²) >= 11 is 0. The van der Waals surface area contributed by atoms with E-state index in [9.17, 15) is 18.4 Å². The van der Waals surface area contributed by atoms with Crippen LogP contribution in [0.2, 0.25) is 0 Å². The van der Waals surface area contributed by atoms with Crippen molar-refractivity contribution >= 4 is 17.6 Å². The molecule has 0 bridgehead atoms. The Balaban J connectivity index is 3.09. The highest BCUT2D eigenvalue weighted by Crippen LogP contribution is 2.21. The van der Waals surface area contributed by atoms with E-state index < -0.39 is 35.0 Å². The number of halogens is 2. The van der Waals surface area contributed by atoms with E-state index in [-0.39, 0.29) is 12.2 Å². The van der Waals surface area contributed by atoms with Crippen molar-refractivity contribution in [3.63, 3.8) is 0 Å². The number of benzene rings is 1. The fraction of sp³-hybridized carbons (Fsp3) is 0.333. The van der Waals surface area contributed by atoms with Crippen molar-refractivity contribution in [1.29, 1.82) is 0 Å². The molecule has 0 aliphatic heterocycles. The third-order valence-electron chi connectivity index (χ3n) is 2.70. The molecule has 104 valence electrons. The number of carbonyl (C=O) groups is 2. The molecule has 1 aromatic rings. The maximum absolute atomic E-state index is 13.1. The van der Waals surface area contributed by atoms with Crippen molar-refractivity contribution in [2.24, 2.45) is 11.7 Å². The minimum absolute atomic E-state index is 0.0778.